The van der Waals surface area contributed by atoms with E-state index in [4.69, 9.17) is 4.43 Å². The minimum Gasteiger partial charge on any atom is -0.417 e. The van der Waals surface area contributed by atoms with Crippen LogP contribution in [0.15, 0.2) is 0 Å². The minimum atomic E-state index is -1.60. The van der Waals surface area contributed by atoms with Gasteiger partial charge in [0.1, 0.15) is 0 Å². The van der Waals surface area contributed by atoms with Gasteiger partial charge < -0.3 is 4.43 Å². The van der Waals surface area contributed by atoms with Crippen LogP contribution < -0.4 is 0 Å². The molecule has 2 heteroatoms. The summed E-state index contributed by atoms with van der Waals surface area (Å²) < 4.78 is 6.67. The summed E-state index contributed by atoms with van der Waals surface area (Å²) in [4.78, 5) is 0. The number of fused-ring (bicyclic) bond motifs is 3. The lowest BCUT2D eigenvalue weighted by atomic mass is 9.76. The molecule has 3 fully saturated rings. The zero-order chi connectivity index (χ0) is 17.2. The van der Waals surface area contributed by atoms with Gasteiger partial charge in [-0.3, -0.25) is 0 Å². The zero-order valence-electron chi connectivity index (χ0n) is 16.9. The van der Waals surface area contributed by atoms with Crippen LogP contribution in [-0.4, -0.2) is 14.9 Å². The van der Waals surface area contributed by atoms with Crippen LogP contribution >= 0.6 is 0 Å². The van der Waals surface area contributed by atoms with E-state index in [-0.39, 0.29) is 0 Å². The van der Waals surface area contributed by atoms with E-state index in [0.717, 1.165) is 42.1 Å². The van der Waals surface area contributed by atoms with Crippen LogP contribution in [0.2, 0.25) is 18.1 Å². The first-order valence-corrected chi connectivity index (χ1v) is 13.0. The van der Waals surface area contributed by atoms with Crippen LogP contribution in [0.3, 0.4) is 0 Å². The molecule has 0 saturated heterocycles. The molecule has 0 heterocycles. The van der Waals surface area contributed by atoms with E-state index in [9.17, 15) is 0 Å². The second-order valence-electron chi connectivity index (χ2n) is 11.2. The molecule has 0 spiro atoms. The molecule has 0 aliphatic heterocycles. The molecule has 0 bridgehead atoms. The second-order valence-corrected chi connectivity index (χ2v) is 16.0. The van der Waals surface area contributed by atoms with Crippen molar-refractivity contribution in [3.8, 4) is 0 Å². The average molecular weight is 337 g/mol. The van der Waals surface area contributed by atoms with E-state index in [0.29, 0.717) is 10.5 Å². The Bertz CT molecular complexity index is 447. The van der Waals surface area contributed by atoms with Crippen molar-refractivity contribution in [1.82, 2.24) is 0 Å². The normalized spacial score (nSPS) is 42.8. The van der Waals surface area contributed by atoms with Gasteiger partial charge in [-0.05, 0) is 78.3 Å². The Morgan fingerprint density at radius 2 is 1.70 bits per heavy atom. The van der Waals surface area contributed by atoms with E-state index < -0.39 is 8.32 Å². The lowest BCUT2D eigenvalue weighted by molar-refractivity contribution is 0.127. The van der Waals surface area contributed by atoms with Gasteiger partial charge in [-0.2, -0.15) is 0 Å². The molecular formula is C21H40OSi. The summed E-state index contributed by atoms with van der Waals surface area (Å²) in [5.74, 6) is 5.75. The smallest absolute Gasteiger partial charge is 0.191 e. The fourth-order valence-electron chi connectivity index (χ4n) is 5.88. The Kier molecular flexibility index (Phi) is 4.37. The molecule has 0 aromatic rings. The summed E-state index contributed by atoms with van der Waals surface area (Å²) in [6.07, 6.45) is 5.82. The van der Waals surface area contributed by atoms with Gasteiger partial charge in [0.05, 0.1) is 0 Å². The topological polar surface area (TPSA) is 9.23 Å². The highest BCUT2D eigenvalue weighted by Gasteiger charge is 2.65. The molecule has 23 heavy (non-hydrogen) atoms. The van der Waals surface area contributed by atoms with Gasteiger partial charge in [-0.25, -0.2) is 0 Å². The molecule has 6 atom stereocenters. The first kappa shape index (κ1) is 18.0. The molecule has 0 aromatic heterocycles. The number of rotatable bonds is 3. The second kappa shape index (κ2) is 5.59. The standard InChI is InChI=1S/C21H40OSi/c1-14-9-11-16-15(13-22-23(7,8)20(2,3)4)10-12-17-19(18(14)16)21(17,5)6/h14-19H,9-13H2,1-8H3/t14-,15-,16+,17-,18-,19-/m1/s1. The Morgan fingerprint density at radius 3 is 2.30 bits per heavy atom. The Balaban J connectivity index is 1.70. The third-order valence-corrected chi connectivity index (χ3v) is 13.1. The highest BCUT2D eigenvalue weighted by molar-refractivity contribution is 6.74. The van der Waals surface area contributed by atoms with Gasteiger partial charge >= 0.3 is 0 Å². The largest absolute Gasteiger partial charge is 0.417 e. The molecular weight excluding hydrogens is 296 g/mol. The van der Waals surface area contributed by atoms with Crippen LogP contribution in [-0.2, 0) is 4.43 Å². The van der Waals surface area contributed by atoms with Gasteiger partial charge in [-0.15, -0.1) is 0 Å². The van der Waals surface area contributed by atoms with Gasteiger partial charge in [0, 0.05) is 6.61 Å². The molecule has 0 radical (unpaired) electrons. The highest BCUT2D eigenvalue weighted by atomic mass is 28.4. The van der Waals surface area contributed by atoms with Gasteiger partial charge in [0.15, 0.2) is 8.32 Å². The van der Waals surface area contributed by atoms with Crippen molar-refractivity contribution in [2.75, 3.05) is 6.61 Å². The minimum absolute atomic E-state index is 0.338. The molecule has 3 aliphatic rings. The number of hydrogen-bond acceptors (Lipinski definition) is 1. The van der Waals surface area contributed by atoms with Crippen molar-refractivity contribution in [3.05, 3.63) is 0 Å². The fourth-order valence-corrected chi connectivity index (χ4v) is 6.95. The summed E-state index contributed by atoms with van der Waals surface area (Å²) >= 11 is 0. The molecule has 134 valence electrons. The predicted octanol–water partition coefficient (Wildman–Crippen LogP) is 6.35. The van der Waals surface area contributed by atoms with E-state index in [1.807, 2.05) is 0 Å². The molecule has 1 nitrogen and oxygen atoms in total. The van der Waals surface area contributed by atoms with Crippen molar-refractivity contribution < 1.29 is 4.43 Å². The van der Waals surface area contributed by atoms with Crippen LogP contribution in [0.25, 0.3) is 0 Å². The first-order valence-electron chi connectivity index (χ1n) is 10.1. The average Bonchev–Trinajstić information content (AvgIpc) is 2.82. The van der Waals surface area contributed by atoms with Crippen molar-refractivity contribution in [2.24, 2.45) is 40.9 Å². The third-order valence-electron chi connectivity index (χ3n) is 8.58. The summed E-state index contributed by atoms with van der Waals surface area (Å²) in [5.41, 5.74) is 0.632. The molecule has 3 saturated carbocycles. The summed E-state index contributed by atoms with van der Waals surface area (Å²) in [6.45, 7) is 20.6. The summed E-state index contributed by atoms with van der Waals surface area (Å²) in [6, 6.07) is 0. The Morgan fingerprint density at radius 1 is 1.04 bits per heavy atom. The quantitative estimate of drug-likeness (QED) is 0.545. The molecule has 3 rings (SSSR count). The maximum atomic E-state index is 6.67. The SMILES string of the molecule is C[C@@H]1CC[C@H]2[C@@H](CO[Si](C)(C)C(C)(C)C)CC[C@@H]3[C@H]([C@@H]21)C3(C)C. The van der Waals surface area contributed by atoms with Crippen molar-refractivity contribution >= 4 is 8.32 Å². The molecule has 3 aliphatic carbocycles. The van der Waals surface area contributed by atoms with E-state index >= 15 is 0 Å². The maximum Gasteiger partial charge on any atom is 0.191 e. The molecule has 0 N–H and O–H groups in total. The van der Waals surface area contributed by atoms with Crippen molar-refractivity contribution in [2.45, 2.75) is 85.4 Å². The Hall–Kier alpha value is 0.177. The van der Waals surface area contributed by atoms with Gasteiger partial charge in [0.25, 0.3) is 0 Å². The highest BCUT2D eigenvalue weighted by Crippen LogP contribution is 2.70. The summed E-state index contributed by atoms with van der Waals surface area (Å²) in [5, 5.41) is 0.338. The molecule has 0 amide bonds. The maximum absolute atomic E-state index is 6.67. The molecule has 0 unspecified atom stereocenters. The molecule has 0 aromatic carbocycles. The number of hydrogen-bond donors (Lipinski definition) is 0. The van der Waals surface area contributed by atoms with Crippen LogP contribution in [0.5, 0.6) is 0 Å². The third kappa shape index (κ3) is 2.97. The van der Waals surface area contributed by atoms with Crippen LogP contribution in [0.1, 0.15) is 67.2 Å². The van der Waals surface area contributed by atoms with Crippen molar-refractivity contribution in [1.29, 1.82) is 0 Å². The van der Waals surface area contributed by atoms with E-state index in [1.54, 1.807) is 0 Å². The van der Waals surface area contributed by atoms with Crippen LogP contribution in [0.4, 0.5) is 0 Å². The lowest BCUT2D eigenvalue weighted by Gasteiger charge is -2.39. The van der Waals surface area contributed by atoms with E-state index in [1.165, 1.54) is 25.7 Å². The lowest BCUT2D eigenvalue weighted by Crippen LogP contribution is -2.42. The summed E-state index contributed by atoms with van der Waals surface area (Å²) in [7, 11) is -1.60. The predicted molar refractivity (Wildman–Crippen MR) is 102 cm³/mol. The zero-order valence-corrected chi connectivity index (χ0v) is 17.9. The first-order chi connectivity index (χ1) is 10.5. The fraction of sp³-hybridized carbons (Fsp3) is 1.00. The van der Waals surface area contributed by atoms with E-state index in [2.05, 4.69) is 54.6 Å². The van der Waals surface area contributed by atoms with Gasteiger partial charge in [0.2, 0.25) is 0 Å². The monoisotopic (exact) mass is 336 g/mol. The van der Waals surface area contributed by atoms with Crippen LogP contribution in [0, 0.1) is 40.9 Å². The van der Waals surface area contributed by atoms with Crippen molar-refractivity contribution in [3.63, 3.8) is 0 Å². The Labute approximate surface area is 146 Å². The van der Waals surface area contributed by atoms with Gasteiger partial charge in [-0.1, -0.05) is 48.0 Å².